The topological polar surface area (TPSA) is 87.4 Å². The maximum atomic E-state index is 10.3. The first kappa shape index (κ1) is 20.1. The lowest BCUT2D eigenvalue weighted by molar-refractivity contribution is -0.0134. The van der Waals surface area contributed by atoms with Gasteiger partial charge in [-0.3, -0.25) is 9.80 Å². The molecule has 0 aliphatic heterocycles. The van der Waals surface area contributed by atoms with Crippen LogP contribution in [-0.4, -0.2) is 93.9 Å². The fourth-order valence-corrected chi connectivity index (χ4v) is 4.44. The van der Waals surface area contributed by atoms with Gasteiger partial charge in [0, 0.05) is 38.3 Å². The van der Waals surface area contributed by atoms with Crippen LogP contribution >= 0.6 is 0 Å². The van der Waals surface area contributed by atoms with Crippen LogP contribution in [0.5, 0.6) is 0 Å². The zero-order chi connectivity index (χ0) is 17.4. The molecule has 4 unspecified atom stereocenters. The van der Waals surface area contributed by atoms with Gasteiger partial charge >= 0.3 is 0 Å². The molecule has 2 rings (SSSR count). The van der Waals surface area contributed by atoms with E-state index in [1.54, 1.807) is 0 Å². The van der Waals surface area contributed by atoms with Crippen LogP contribution in [0.2, 0.25) is 0 Å². The highest BCUT2D eigenvalue weighted by atomic mass is 16.3. The average molecular weight is 344 g/mol. The van der Waals surface area contributed by atoms with E-state index in [-0.39, 0.29) is 37.5 Å². The summed E-state index contributed by atoms with van der Waals surface area (Å²) in [4.78, 5) is 4.40. The molecular formula is C18H36N2O4. The molecule has 2 saturated carbocycles. The lowest BCUT2D eigenvalue weighted by atomic mass is 9.90. The molecule has 0 aromatic heterocycles. The highest BCUT2D eigenvalue weighted by Crippen LogP contribution is 2.25. The maximum Gasteiger partial charge on any atom is 0.0695 e. The monoisotopic (exact) mass is 344 g/mol. The van der Waals surface area contributed by atoms with Crippen LogP contribution in [0.25, 0.3) is 0 Å². The zero-order valence-corrected chi connectivity index (χ0v) is 14.9. The van der Waals surface area contributed by atoms with Crippen LogP contribution in [0.3, 0.4) is 0 Å². The molecule has 0 aromatic rings. The van der Waals surface area contributed by atoms with Gasteiger partial charge in [-0.1, -0.05) is 25.7 Å². The second-order valence-electron chi connectivity index (χ2n) is 7.36. The van der Waals surface area contributed by atoms with Crippen LogP contribution in [-0.2, 0) is 0 Å². The minimum absolute atomic E-state index is 0.0925. The van der Waals surface area contributed by atoms with Gasteiger partial charge in [0.1, 0.15) is 0 Å². The van der Waals surface area contributed by atoms with E-state index in [1.807, 2.05) is 0 Å². The Bertz CT molecular complexity index is 313. The SMILES string of the molecule is OCCN(CCN(CCO)C1CCCCC1O)C1CCCCC1O. The highest BCUT2D eigenvalue weighted by Gasteiger charge is 2.31. The summed E-state index contributed by atoms with van der Waals surface area (Å²) in [7, 11) is 0. The van der Waals surface area contributed by atoms with Gasteiger partial charge in [-0.15, -0.1) is 0 Å². The Morgan fingerprint density at radius 3 is 1.29 bits per heavy atom. The fourth-order valence-electron chi connectivity index (χ4n) is 4.44. The van der Waals surface area contributed by atoms with Crippen LogP contribution in [0.15, 0.2) is 0 Å². The maximum absolute atomic E-state index is 10.3. The van der Waals surface area contributed by atoms with Gasteiger partial charge in [-0.05, 0) is 25.7 Å². The number of hydrogen-bond acceptors (Lipinski definition) is 6. The van der Waals surface area contributed by atoms with E-state index in [0.29, 0.717) is 13.1 Å². The third-order valence-corrected chi connectivity index (χ3v) is 5.77. The Kier molecular flexibility index (Phi) is 8.94. The molecule has 2 aliphatic rings. The molecule has 0 saturated heterocycles. The van der Waals surface area contributed by atoms with Gasteiger partial charge in [-0.25, -0.2) is 0 Å². The van der Waals surface area contributed by atoms with Crippen LogP contribution in [0, 0.1) is 0 Å². The van der Waals surface area contributed by atoms with Crippen molar-refractivity contribution < 1.29 is 20.4 Å². The molecule has 6 nitrogen and oxygen atoms in total. The first-order chi connectivity index (χ1) is 11.7. The van der Waals surface area contributed by atoms with Gasteiger partial charge in [0.15, 0.2) is 0 Å². The third kappa shape index (κ3) is 5.64. The summed E-state index contributed by atoms with van der Waals surface area (Å²) in [5.74, 6) is 0. The molecule has 24 heavy (non-hydrogen) atoms. The standard InChI is InChI=1S/C18H36N2O4/c21-13-11-19(15-5-1-3-7-17(15)23)9-10-20(12-14-22)16-6-2-4-8-18(16)24/h15-18,21-24H,1-14H2. The van der Waals surface area contributed by atoms with Crippen LogP contribution in [0.1, 0.15) is 51.4 Å². The number of aliphatic hydroxyl groups is 4. The second kappa shape index (κ2) is 10.7. The van der Waals surface area contributed by atoms with Crippen molar-refractivity contribution in [3.8, 4) is 0 Å². The normalized spacial score (nSPS) is 31.8. The lowest BCUT2D eigenvalue weighted by Crippen LogP contribution is -2.52. The summed E-state index contributed by atoms with van der Waals surface area (Å²) < 4.78 is 0. The molecule has 4 atom stereocenters. The van der Waals surface area contributed by atoms with Crippen molar-refractivity contribution in [3.63, 3.8) is 0 Å². The second-order valence-corrected chi connectivity index (χ2v) is 7.36. The Morgan fingerprint density at radius 2 is 0.958 bits per heavy atom. The summed E-state index contributed by atoms with van der Waals surface area (Å²) in [6.07, 6.45) is 7.44. The molecule has 0 aromatic carbocycles. The predicted octanol–water partition coefficient (Wildman–Crippen LogP) is 0.182. The zero-order valence-electron chi connectivity index (χ0n) is 14.9. The highest BCUT2D eigenvalue weighted by molar-refractivity contribution is 4.86. The summed E-state index contributed by atoms with van der Waals surface area (Å²) in [6, 6.07) is 0.247. The number of rotatable bonds is 9. The number of aliphatic hydroxyl groups excluding tert-OH is 4. The molecule has 0 radical (unpaired) electrons. The quantitative estimate of drug-likeness (QED) is 0.477. The molecule has 0 amide bonds. The Hall–Kier alpha value is -0.240. The van der Waals surface area contributed by atoms with Gasteiger partial charge in [0.2, 0.25) is 0 Å². The van der Waals surface area contributed by atoms with E-state index in [2.05, 4.69) is 9.80 Å². The largest absolute Gasteiger partial charge is 0.395 e. The lowest BCUT2D eigenvalue weighted by Gasteiger charge is -2.41. The number of hydrogen-bond donors (Lipinski definition) is 4. The molecule has 0 bridgehead atoms. The third-order valence-electron chi connectivity index (χ3n) is 5.77. The summed E-state index contributed by atoms with van der Waals surface area (Å²) in [5.41, 5.74) is 0. The fraction of sp³-hybridized carbons (Fsp3) is 1.00. The smallest absolute Gasteiger partial charge is 0.0695 e. The van der Waals surface area contributed by atoms with E-state index in [9.17, 15) is 20.4 Å². The summed E-state index contributed by atoms with van der Waals surface area (Å²) >= 11 is 0. The molecule has 6 heteroatoms. The number of nitrogens with zero attached hydrogens (tertiary/aromatic N) is 2. The van der Waals surface area contributed by atoms with Gasteiger partial charge < -0.3 is 20.4 Å². The van der Waals surface area contributed by atoms with Crippen molar-refractivity contribution >= 4 is 0 Å². The minimum atomic E-state index is -0.308. The average Bonchev–Trinajstić information content (AvgIpc) is 2.59. The summed E-state index contributed by atoms with van der Waals surface area (Å²) in [6.45, 7) is 2.84. The van der Waals surface area contributed by atoms with Gasteiger partial charge in [-0.2, -0.15) is 0 Å². The van der Waals surface area contributed by atoms with Crippen LogP contribution < -0.4 is 0 Å². The van der Waals surface area contributed by atoms with Crippen molar-refractivity contribution in [1.82, 2.24) is 9.80 Å². The van der Waals surface area contributed by atoms with E-state index in [4.69, 9.17) is 0 Å². The Balaban J connectivity index is 1.93. The minimum Gasteiger partial charge on any atom is -0.395 e. The molecule has 0 heterocycles. The van der Waals surface area contributed by atoms with Crippen LogP contribution in [0.4, 0.5) is 0 Å². The predicted molar refractivity (Wildman–Crippen MR) is 93.8 cm³/mol. The van der Waals surface area contributed by atoms with Crippen molar-refractivity contribution in [3.05, 3.63) is 0 Å². The Labute approximate surface area is 146 Å². The van der Waals surface area contributed by atoms with E-state index >= 15 is 0 Å². The molecular weight excluding hydrogens is 308 g/mol. The van der Waals surface area contributed by atoms with Crippen molar-refractivity contribution in [2.24, 2.45) is 0 Å². The Morgan fingerprint density at radius 1 is 0.583 bits per heavy atom. The van der Waals surface area contributed by atoms with E-state index in [0.717, 1.165) is 64.5 Å². The van der Waals surface area contributed by atoms with Crippen molar-refractivity contribution in [1.29, 1.82) is 0 Å². The first-order valence-electron chi connectivity index (χ1n) is 9.73. The molecule has 4 N–H and O–H groups in total. The van der Waals surface area contributed by atoms with Crippen molar-refractivity contribution in [2.45, 2.75) is 75.7 Å². The van der Waals surface area contributed by atoms with Crippen molar-refractivity contribution in [2.75, 3.05) is 39.4 Å². The van der Waals surface area contributed by atoms with E-state index < -0.39 is 0 Å². The van der Waals surface area contributed by atoms with Gasteiger partial charge in [0.25, 0.3) is 0 Å². The first-order valence-corrected chi connectivity index (χ1v) is 9.73. The van der Waals surface area contributed by atoms with E-state index in [1.165, 1.54) is 0 Å². The molecule has 2 aliphatic carbocycles. The molecule has 142 valence electrons. The summed E-state index contributed by atoms with van der Waals surface area (Å²) in [5, 5.41) is 39.4. The van der Waals surface area contributed by atoms with Gasteiger partial charge in [0.05, 0.1) is 25.4 Å². The molecule has 0 spiro atoms. The molecule has 2 fully saturated rings.